The van der Waals surface area contributed by atoms with Crippen LogP contribution in [-0.4, -0.2) is 111 Å². The van der Waals surface area contributed by atoms with Gasteiger partial charge < -0.3 is 24.0 Å². The van der Waals surface area contributed by atoms with Gasteiger partial charge in [0.25, 0.3) is 0 Å². The number of ether oxygens (including phenoxy) is 2. The molecule has 2 amide bonds. The Kier molecular flexibility index (Phi) is 11.2. The number of halogens is 8. The lowest BCUT2D eigenvalue weighted by Gasteiger charge is -2.58. The Morgan fingerprint density at radius 1 is 0.671 bits per heavy atom. The number of piperidine rings is 4. The molecule has 8 fully saturated rings. The molecule has 0 aromatic heterocycles. The van der Waals surface area contributed by atoms with Crippen LogP contribution in [0.2, 0.25) is 0 Å². The first kappa shape index (κ1) is 49.3. The third kappa shape index (κ3) is 6.54. The zero-order valence-corrected chi connectivity index (χ0v) is 42.6. The van der Waals surface area contributed by atoms with Crippen LogP contribution in [0.3, 0.4) is 0 Å². The van der Waals surface area contributed by atoms with Crippen molar-refractivity contribution in [3.8, 4) is 0 Å². The second-order valence-corrected chi connectivity index (χ2v) is 25.6. The minimum Gasteiger partial charge on any atom is -1.00 e. The largest absolute Gasteiger partial charge is 1.00 e. The summed E-state index contributed by atoms with van der Waals surface area (Å²) in [6.45, 7) is 6.82. The van der Waals surface area contributed by atoms with E-state index in [-0.39, 0.29) is 69.4 Å². The van der Waals surface area contributed by atoms with Gasteiger partial charge in [-0.2, -0.15) is 0 Å². The zero-order chi connectivity index (χ0) is 51.3. The van der Waals surface area contributed by atoms with Crippen LogP contribution >= 0.6 is 11.8 Å². The fourth-order valence-corrected chi connectivity index (χ4v) is 21.2. The quantitative estimate of drug-likeness (QED) is 0.0663. The molecule has 11 aliphatic heterocycles. The molecule has 9 nitrogen and oxygen atoms in total. The van der Waals surface area contributed by atoms with Crippen molar-refractivity contribution in [3.63, 3.8) is 0 Å². The Labute approximate surface area is 440 Å². The second kappa shape index (κ2) is 17.3. The van der Waals surface area contributed by atoms with Gasteiger partial charge in [0.1, 0.15) is 10.9 Å². The van der Waals surface area contributed by atoms with Crippen molar-refractivity contribution in [2.75, 3.05) is 49.2 Å². The summed E-state index contributed by atoms with van der Waals surface area (Å²) >= 11 is 1.13. The minimum absolute atomic E-state index is 0. The highest BCUT2D eigenvalue weighted by Crippen LogP contribution is 2.68. The Morgan fingerprint density at radius 3 is 1.62 bits per heavy atom. The summed E-state index contributed by atoms with van der Waals surface area (Å²) in [6.07, 6.45) is 9.50. The summed E-state index contributed by atoms with van der Waals surface area (Å²) in [6, 6.07) is 17.8. The molecule has 0 N–H and O–H groups in total. The van der Waals surface area contributed by atoms with Crippen LogP contribution in [-0.2, 0) is 40.8 Å². The van der Waals surface area contributed by atoms with Gasteiger partial charge in [0.15, 0.2) is 43.7 Å². The Hall–Kier alpha value is -4.99. The molecule has 13 aliphatic rings. The van der Waals surface area contributed by atoms with Crippen molar-refractivity contribution < 1.29 is 59.1 Å². The van der Waals surface area contributed by atoms with Crippen molar-refractivity contribution in [2.45, 2.75) is 117 Å². The molecule has 6 saturated heterocycles. The average molecular weight is 1080 g/mol. The standard InChI is InChI=1S/C33H25F4N2O2S2.C23H24N2O3.BF3.FH/c34-19-9-25-27(11-21(19)36)43(28-12-22(37)20(35)10-26(28)42-25)16-1-2-23-18(7-16)33-4-5-38-14-15-3-6-41-24-13-30(40)39(23)32(33)31(24)17(15)8-29(33)38;1-12(26)13-2-3-17-16(8-13)23-5-6-24-11-14-4-7-28-18-10-20(27)25(17)22(23)21(18)15(14)9-19(23)24;2-1(3)4;/h1-3,7,9-12,17,24,29,31-32H,4-6,8,13-14H2;2-4,8,15,18-19,21-22H,5-7,9-11H2,1H3;;1H/q+1;;;/p-1/t17-,24-,29-,31-,32-,33+;15-,18-,19-,21-,22-,23+;;/m00../s1. The van der Waals surface area contributed by atoms with Crippen molar-refractivity contribution in [3.05, 3.63) is 124 Å². The molecule has 4 bridgehead atoms. The Balaban J connectivity index is 0.000000138. The normalized spacial score (nSPS) is 34.6. The number of Topliss-reactive ketones (excluding diaryl/α,β-unsaturated/α-hetero) is 1. The van der Waals surface area contributed by atoms with Gasteiger partial charge >= 0.3 is 7.54 Å². The summed E-state index contributed by atoms with van der Waals surface area (Å²) < 4.78 is 99.9. The maximum Gasteiger partial charge on any atom is 0.762 e. The molecule has 20 heteroatoms. The van der Waals surface area contributed by atoms with Gasteiger partial charge in [0.2, 0.25) is 11.8 Å². The molecule has 0 radical (unpaired) electrons. The number of nitrogens with zero attached hydrogens (tertiary/aromatic N) is 4. The highest BCUT2D eigenvalue weighted by Gasteiger charge is 2.73. The molecule has 4 aromatic rings. The summed E-state index contributed by atoms with van der Waals surface area (Å²) in [5.74, 6) is -2.01. The number of benzene rings is 4. The smallest absolute Gasteiger partial charge is 0.762 e. The lowest BCUT2D eigenvalue weighted by atomic mass is 9.53. The third-order valence-electron chi connectivity index (χ3n) is 19.9. The van der Waals surface area contributed by atoms with Gasteiger partial charge in [-0.25, -0.2) is 17.6 Å². The van der Waals surface area contributed by atoms with E-state index in [9.17, 15) is 44.9 Å². The van der Waals surface area contributed by atoms with Gasteiger partial charge in [0.05, 0.1) is 60.1 Å². The molecule has 76 heavy (non-hydrogen) atoms. The van der Waals surface area contributed by atoms with E-state index in [1.54, 1.807) is 6.92 Å². The SMILES string of the molecule is CC(=O)c1ccc2c(c1)[C@@]13CCN4CC5=CCO[C@H]6CC(=O)N2[C@H]1[C@H]6[C@H]5C[C@H]43.FB(F)F.O=C1C[C@@H]2OCC=C3CN4CC[C@]56c7cc([S+]8c9cc(F)c(F)cc9Sc9cc(F)c(F)cc98)ccc7N1[C@H]5[C@H]2[C@H]3C[C@H]46.[F-]. The molecule has 11 heterocycles. The summed E-state index contributed by atoms with van der Waals surface area (Å²) in [4.78, 5) is 51.7. The van der Waals surface area contributed by atoms with Crippen molar-refractivity contribution >= 4 is 59.2 Å². The first-order chi connectivity index (χ1) is 36.2. The van der Waals surface area contributed by atoms with Crippen LogP contribution < -0.4 is 14.5 Å². The maximum absolute atomic E-state index is 14.7. The number of rotatable bonds is 2. The van der Waals surface area contributed by atoms with Gasteiger partial charge in [-0.1, -0.05) is 35.1 Å². The Morgan fingerprint density at radius 2 is 1.13 bits per heavy atom. The Bertz CT molecular complexity index is 3260. The number of carbonyl (C=O) groups is 3. The number of amides is 2. The molecule has 2 aliphatic carbocycles. The van der Waals surface area contributed by atoms with E-state index >= 15 is 0 Å². The molecule has 17 rings (SSSR count). The topological polar surface area (TPSA) is 82.6 Å². The van der Waals surface area contributed by atoms with Crippen LogP contribution in [0, 0.1) is 46.9 Å². The van der Waals surface area contributed by atoms with E-state index in [0.29, 0.717) is 69.4 Å². The predicted molar refractivity (Wildman–Crippen MR) is 265 cm³/mol. The number of ketones is 1. The molecule has 394 valence electrons. The highest BCUT2D eigenvalue weighted by molar-refractivity contribution is 8.04. The fraction of sp³-hybridized carbons (Fsp3) is 0.446. The second-order valence-electron chi connectivity index (χ2n) is 22.6. The van der Waals surface area contributed by atoms with Crippen LogP contribution in [0.5, 0.6) is 0 Å². The summed E-state index contributed by atoms with van der Waals surface area (Å²) in [7, 11) is -4.68. The van der Waals surface area contributed by atoms with E-state index in [2.05, 4.69) is 43.9 Å². The van der Waals surface area contributed by atoms with Crippen LogP contribution in [0.1, 0.15) is 66.9 Å². The van der Waals surface area contributed by atoms with E-state index in [4.69, 9.17) is 9.47 Å². The van der Waals surface area contributed by atoms with Gasteiger partial charge in [0, 0.05) is 83.0 Å². The van der Waals surface area contributed by atoms with Crippen LogP contribution in [0.15, 0.2) is 108 Å². The molecule has 2 saturated carbocycles. The van der Waals surface area contributed by atoms with Gasteiger partial charge in [-0.3, -0.25) is 37.1 Å². The van der Waals surface area contributed by atoms with Crippen molar-refractivity contribution in [2.24, 2.45) is 23.7 Å². The zero-order valence-electron chi connectivity index (χ0n) is 40.9. The molecular formula is C56H49BF8N4O5S2. The highest BCUT2D eigenvalue weighted by atomic mass is 32.2. The lowest BCUT2D eigenvalue weighted by molar-refractivity contribution is -0.133. The number of fused-ring (bicyclic) bond motifs is 6. The molecule has 2 spiro atoms. The fourth-order valence-electron chi connectivity index (χ4n) is 17.4. The predicted octanol–water partition coefficient (Wildman–Crippen LogP) is 6.39. The molecule has 4 aromatic carbocycles. The van der Waals surface area contributed by atoms with E-state index in [0.717, 1.165) is 96.7 Å². The molecule has 12 atom stereocenters. The number of carbonyl (C=O) groups excluding carboxylic acids is 3. The number of hydrogen-bond acceptors (Lipinski definition) is 8. The average Bonchev–Trinajstić information content (AvgIpc) is 4.29. The van der Waals surface area contributed by atoms with Crippen LogP contribution in [0.25, 0.3) is 0 Å². The van der Waals surface area contributed by atoms with Crippen molar-refractivity contribution in [1.29, 1.82) is 0 Å². The van der Waals surface area contributed by atoms with Gasteiger partial charge in [-0.05, 0) is 111 Å². The first-order valence-corrected chi connectivity index (χ1v) is 28.1. The lowest BCUT2D eigenvalue weighted by Crippen LogP contribution is -3.00. The summed E-state index contributed by atoms with van der Waals surface area (Å²) in [5.41, 5.74) is 7.78. The van der Waals surface area contributed by atoms with E-state index in [1.165, 1.54) is 35.3 Å². The first-order valence-electron chi connectivity index (χ1n) is 26.0. The maximum atomic E-state index is 14.7. The molecular weight excluding hydrogens is 1040 g/mol. The molecule has 0 unspecified atom stereocenters. The van der Waals surface area contributed by atoms with E-state index < -0.39 is 41.7 Å². The number of anilines is 2. The minimum atomic E-state index is -3.67. The monoisotopic (exact) mass is 1080 g/mol. The number of hydrogen-bond donors (Lipinski definition) is 0. The third-order valence-corrected chi connectivity index (χ3v) is 23.5. The van der Waals surface area contributed by atoms with Crippen LogP contribution in [0.4, 0.5) is 41.9 Å². The van der Waals surface area contributed by atoms with Crippen molar-refractivity contribution in [1.82, 2.24) is 9.80 Å². The van der Waals surface area contributed by atoms with Gasteiger partial charge in [-0.15, -0.1) is 0 Å². The summed E-state index contributed by atoms with van der Waals surface area (Å²) in [5, 5.41) is 0. The van der Waals surface area contributed by atoms with E-state index in [1.807, 2.05) is 24.3 Å².